The molecule has 0 spiro atoms. The van der Waals surface area contributed by atoms with Gasteiger partial charge in [-0.2, -0.15) is 12.7 Å². The Kier molecular flexibility index (Phi) is 8.25. The lowest BCUT2D eigenvalue weighted by Crippen LogP contribution is -2.38. The number of aliphatic hydroxyl groups excluding tert-OH is 1. The quantitative estimate of drug-likeness (QED) is 0.354. The smallest absolute Gasteiger partial charge is 0.335 e. The van der Waals surface area contributed by atoms with Crippen LogP contribution in [-0.4, -0.2) is 60.7 Å². The van der Waals surface area contributed by atoms with E-state index in [0.717, 1.165) is 4.31 Å². The van der Waals surface area contributed by atoms with Crippen molar-refractivity contribution in [3.63, 3.8) is 0 Å². The van der Waals surface area contributed by atoms with Gasteiger partial charge in [-0.25, -0.2) is 0 Å². The summed E-state index contributed by atoms with van der Waals surface area (Å²) in [4.78, 5) is 0. The van der Waals surface area contributed by atoms with Crippen molar-refractivity contribution in [3.8, 4) is 0 Å². The molecule has 0 rings (SSSR count). The fourth-order valence-corrected chi connectivity index (χ4v) is 1.85. The third-order valence-corrected chi connectivity index (χ3v) is 3.15. The van der Waals surface area contributed by atoms with Gasteiger partial charge in [0.1, 0.15) is 0 Å². The molecule has 1 atom stereocenters. The molecule has 0 aromatic carbocycles. The average Bonchev–Trinajstić information content (AvgIpc) is 2.19. The van der Waals surface area contributed by atoms with Gasteiger partial charge >= 0.3 is 10.3 Å². The molecule has 0 aromatic heterocycles. The first-order valence-corrected chi connectivity index (χ1v) is 6.89. The van der Waals surface area contributed by atoms with E-state index in [0.29, 0.717) is 18.9 Å². The molecule has 0 unspecified atom stereocenters. The van der Waals surface area contributed by atoms with Crippen LogP contribution in [0.15, 0.2) is 0 Å². The van der Waals surface area contributed by atoms with Crippen LogP contribution in [-0.2, 0) is 15.0 Å². The van der Waals surface area contributed by atoms with Gasteiger partial charge in [-0.1, -0.05) is 6.92 Å². The lowest BCUT2D eigenvalue weighted by Gasteiger charge is -2.19. The van der Waals surface area contributed by atoms with Crippen molar-refractivity contribution >= 4 is 21.9 Å². The first-order chi connectivity index (χ1) is 7.41. The highest BCUT2D eigenvalue weighted by atomic mass is 35.5. The molecule has 16 heavy (non-hydrogen) atoms. The molecule has 0 saturated carbocycles. The van der Waals surface area contributed by atoms with E-state index < -0.39 is 16.4 Å². The molecule has 0 bridgehead atoms. The van der Waals surface area contributed by atoms with E-state index in [4.69, 9.17) is 20.9 Å². The van der Waals surface area contributed by atoms with Crippen molar-refractivity contribution in [2.45, 2.75) is 19.4 Å². The third-order valence-electron chi connectivity index (χ3n) is 1.83. The Morgan fingerprint density at radius 1 is 1.50 bits per heavy atom. The fourth-order valence-electron chi connectivity index (χ4n) is 1.05. The lowest BCUT2D eigenvalue weighted by atomic mass is 10.4. The number of hydrogen-bond acceptors (Lipinski definition) is 4. The van der Waals surface area contributed by atoms with Crippen LogP contribution >= 0.6 is 11.6 Å². The third kappa shape index (κ3) is 7.37. The molecule has 0 saturated heterocycles. The minimum atomic E-state index is -4.25. The number of aliphatic hydroxyl groups is 1. The van der Waals surface area contributed by atoms with Gasteiger partial charge in [-0.05, 0) is 6.42 Å². The Morgan fingerprint density at radius 2 is 2.12 bits per heavy atom. The van der Waals surface area contributed by atoms with Crippen LogP contribution in [0.4, 0.5) is 0 Å². The zero-order valence-corrected chi connectivity index (χ0v) is 10.7. The van der Waals surface area contributed by atoms with Gasteiger partial charge in [0.2, 0.25) is 0 Å². The summed E-state index contributed by atoms with van der Waals surface area (Å²) in [5.74, 6) is 0.474. The molecule has 98 valence electrons. The van der Waals surface area contributed by atoms with E-state index in [1.807, 2.05) is 0 Å². The summed E-state index contributed by atoms with van der Waals surface area (Å²) in [5.41, 5.74) is 0. The summed E-state index contributed by atoms with van der Waals surface area (Å²) in [5, 5.41) is 9.44. The van der Waals surface area contributed by atoms with Crippen LogP contribution in [0.25, 0.3) is 0 Å². The number of nitrogens with zero attached hydrogens (tertiary/aromatic N) is 1. The maximum absolute atomic E-state index is 10.8. The predicted molar refractivity (Wildman–Crippen MR) is 61.0 cm³/mol. The van der Waals surface area contributed by atoms with E-state index in [-0.39, 0.29) is 19.7 Å². The highest BCUT2D eigenvalue weighted by molar-refractivity contribution is 7.83. The number of likely N-dealkylation sites (N-methyl/N-ethyl adjacent to an activating group) is 1. The van der Waals surface area contributed by atoms with Crippen LogP contribution < -0.4 is 0 Å². The summed E-state index contributed by atoms with van der Waals surface area (Å²) < 4.78 is 36.2. The first kappa shape index (κ1) is 16.1. The first-order valence-electron chi connectivity index (χ1n) is 4.96. The molecule has 0 amide bonds. The highest BCUT2D eigenvalue weighted by Crippen LogP contribution is 2.00. The monoisotopic (exact) mass is 275 g/mol. The molecule has 0 aliphatic heterocycles. The normalized spacial score (nSPS) is 14.3. The molecule has 0 aromatic rings. The summed E-state index contributed by atoms with van der Waals surface area (Å²) >= 11 is 5.42. The second-order valence-electron chi connectivity index (χ2n) is 3.20. The molecule has 0 aliphatic rings. The van der Waals surface area contributed by atoms with Crippen LogP contribution in [0, 0.1) is 0 Å². The van der Waals surface area contributed by atoms with Crippen molar-refractivity contribution in [1.82, 2.24) is 4.31 Å². The summed E-state index contributed by atoms with van der Waals surface area (Å²) in [7, 11) is -4.25. The van der Waals surface area contributed by atoms with Crippen LogP contribution in [0.1, 0.15) is 13.3 Å². The van der Waals surface area contributed by atoms with E-state index in [9.17, 15) is 13.5 Å². The van der Waals surface area contributed by atoms with E-state index in [1.165, 1.54) is 0 Å². The summed E-state index contributed by atoms with van der Waals surface area (Å²) in [6.45, 7) is 1.91. The molecular formula is C8H18ClNO5S. The Hall–Kier alpha value is 0.0800. The molecule has 2 N–H and O–H groups in total. The predicted octanol–water partition coefficient (Wildman–Crippen LogP) is 0.118. The number of halogens is 1. The van der Waals surface area contributed by atoms with E-state index >= 15 is 0 Å². The Balaban J connectivity index is 3.88. The Bertz CT molecular complexity index is 272. The second kappa shape index (κ2) is 8.21. The van der Waals surface area contributed by atoms with Gasteiger partial charge in [0, 0.05) is 25.6 Å². The number of ether oxygens (including phenoxy) is 1. The van der Waals surface area contributed by atoms with Gasteiger partial charge in [-0.3, -0.25) is 4.55 Å². The minimum absolute atomic E-state index is 0.0168. The van der Waals surface area contributed by atoms with Crippen molar-refractivity contribution in [1.29, 1.82) is 0 Å². The maximum atomic E-state index is 10.8. The van der Waals surface area contributed by atoms with Crippen molar-refractivity contribution in [2.75, 3.05) is 32.2 Å². The fraction of sp³-hybridized carbons (Fsp3) is 1.00. The van der Waals surface area contributed by atoms with E-state index in [2.05, 4.69) is 0 Å². The van der Waals surface area contributed by atoms with Gasteiger partial charge in [0.15, 0.2) is 0 Å². The topological polar surface area (TPSA) is 87.1 Å². The maximum Gasteiger partial charge on any atom is 0.335 e. The van der Waals surface area contributed by atoms with Crippen LogP contribution in [0.2, 0.25) is 0 Å². The molecule has 0 aliphatic carbocycles. The molecule has 0 fully saturated rings. The Labute approximate surface area is 101 Å². The van der Waals surface area contributed by atoms with Gasteiger partial charge in [0.05, 0.1) is 12.7 Å². The largest absolute Gasteiger partial charge is 0.389 e. The zero-order chi connectivity index (χ0) is 12.6. The number of rotatable bonds is 9. The molecule has 8 heteroatoms. The van der Waals surface area contributed by atoms with Crippen molar-refractivity contribution < 1.29 is 22.8 Å². The minimum Gasteiger partial charge on any atom is -0.389 e. The molecule has 6 nitrogen and oxygen atoms in total. The molecule has 0 heterocycles. The average molecular weight is 276 g/mol. The van der Waals surface area contributed by atoms with Crippen LogP contribution in [0.3, 0.4) is 0 Å². The molecule has 0 radical (unpaired) electrons. The highest BCUT2D eigenvalue weighted by Gasteiger charge is 2.20. The second-order valence-corrected chi connectivity index (χ2v) is 4.99. The number of hydrogen-bond donors (Lipinski definition) is 2. The summed E-state index contributed by atoms with van der Waals surface area (Å²) in [6.07, 6.45) is -0.290. The van der Waals surface area contributed by atoms with Gasteiger partial charge < -0.3 is 9.84 Å². The van der Waals surface area contributed by atoms with Crippen molar-refractivity contribution in [2.24, 2.45) is 0 Å². The van der Waals surface area contributed by atoms with Gasteiger partial charge in [0.25, 0.3) is 0 Å². The van der Waals surface area contributed by atoms with Crippen LogP contribution in [0.5, 0.6) is 0 Å². The molecular weight excluding hydrogens is 258 g/mol. The zero-order valence-electron chi connectivity index (χ0n) is 9.17. The lowest BCUT2D eigenvalue weighted by molar-refractivity contribution is 0.0278. The number of alkyl halides is 1. The SMILES string of the molecule is CCN(C[C@@H](O)COCCCCl)S(=O)(=O)O. The summed E-state index contributed by atoms with van der Waals surface area (Å²) in [6, 6.07) is 0. The van der Waals surface area contributed by atoms with Gasteiger partial charge in [-0.15, -0.1) is 11.6 Å². The van der Waals surface area contributed by atoms with E-state index in [1.54, 1.807) is 6.92 Å². The Morgan fingerprint density at radius 3 is 2.56 bits per heavy atom. The standard InChI is InChI=1S/C8H18ClNO5S/c1-2-10(16(12,13)14)6-8(11)7-15-5-3-4-9/h8,11H,2-7H2,1H3,(H,12,13,14)/t8-/m1/s1. The van der Waals surface area contributed by atoms with Crippen molar-refractivity contribution in [3.05, 3.63) is 0 Å².